The Labute approximate surface area is 137 Å². The van der Waals surface area contributed by atoms with Gasteiger partial charge in [0, 0.05) is 12.8 Å². The second-order valence-corrected chi connectivity index (χ2v) is 6.06. The molecule has 0 saturated heterocycles. The Hall–Kier alpha value is -1.04. The average Bonchev–Trinajstić information content (AvgIpc) is 2.51. The van der Waals surface area contributed by atoms with Crippen molar-refractivity contribution in [2.24, 2.45) is 0 Å². The van der Waals surface area contributed by atoms with Gasteiger partial charge >= 0.3 is 5.97 Å². The molecule has 0 aromatic heterocycles. The first-order valence-electron chi connectivity index (χ1n) is 9.33. The van der Waals surface area contributed by atoms with Crippen molar-refractivity contribution in [3.63, 3.8) is 0 Å². The monoisotopic (exact) mass is 309 g/mol. The molecule has 0 aromatic rings. The van der Waals surface area contributed by atoms with Gasteiger partial charge in [0.1, 0.15) is 0 Å². The van der Waals surface area contributed by atoms with Gasteiger partial charge in [-0.1, -0.05) is 70.6 Å². The van der Waals surface area contributed by atoms with Crippen LogP contribution in [0, 0.1) is 11.3 Å². The third-order valence-corrected chi connectivity index (χ3v) is 3.97. The van der Waals surface area contributed by atoms with Gasteiger partial charge in [-0.2, -0.15) is 5.26 Å². The van der Waals surface area contributed by atoms with Crippen LogP contribution in [0.4, 0.5) is 0 Å². The summed E-state index contributed by atoms with van der Waals surface area (Å²) in [7, 11) is 0. The molecular weight excluding hydrogens is 274 g/mol. The van der Waals surface area contributed by atoms with Crippen LogP contribution in [-0.4, -0.2) is 12.6 Å². The van der Waals surface area contributed by atoms with Crippen molar-refractivity contribution in [2.75, 3.05) is 6.61 Å². The predicted octanol–water partition coefficient (Wildman–Crippen LogP) is 5.92. The Morgan fingerprint density at radius 3 is 1.59 bits per heavy atom. The molecule has 0 rings (SSSR count). The van der Waals surface area contributed by atoms with E-state index in [1.807, 2.05) is 6.92 Å². The molecule has 0 aliphatic rings. The lowest BCUT2D eigenvalue weighted by Crippen LogP contribution is -2.03. The van der Waals surface area contributed by atoms with Crippen LogP contribution >= 0.6 is 0 Å². The Morgan fingerprint density at radius 2 is 1.18 bits per heavy atom. The van der Waals surface area contributed by atoms with E-state index < -0.39 is 0 Å². The number of nitrogens with zero attached hydrogens (tertiary/aromatic N) is 1. The van der Waals surface area contributed by atoms with Gasteiger partial charge in [0.2, 0.25) is 0 Å². The lowest BCUT2D eigenvalue weighted by Gasteiger charge is -2.03. The minimum Gasteiger partial charge on any atom is -0.466 e. The topological polar surface area (TPSA) is 50.1 Å². The zero-order chi connectivity index (χ0) is 16.3. The molecule has 0 amide bonds. The molecule has 0 fully saturated rings. The van der Waals surface area contributed by atoms with E-state index in [4.69, 9.17) is 10.00 Å². The van der Waals surface area contributed by atoms with Crippen LogP contribution in [0.15, 0.2) is 0 Å². The van der Waals surface area contributed by atoms with Gasteiger partial charge in [-0.05, 0) is 19.8 Å². The normalized spacial score (nSPS) is 10.4. The molecule has 0 N–H and O–H groups in total. The molecule has 0 atom stereocenters. The summed E-state index contributed by atoms with van der Waals surface area (Å²) in [4.78, 5) is 11.1. The zero-order valence-corrected chi connectivity index (χ0v) is 14.6. The SMILES string of the molecule is CCOC(=O)CCCCCCCCCCCCCCCC#N. The quantitative estimate of drug-likeness (QED) is 0.262. The summed E-state index contributed by atoms with van der Waals surface area (Å²) in [6.45, 7) is 2.35. The van der Waals surface area contributed by atoms with Crippen LogP contribution in [0.25, 0.3) is 0 Å². The standard InChI is InChI=1S/C19H35NO2/c1-2-22-19(21)17-15-13-11-9-7-5-3-4-6-8-10-12-14-16-18-20/h2-17H2,1H3. The van der Waals surface area contributed by atoms with Gasteiger partial charge in [0.15, 0.2) is 0 Å². The van der Waals surface area contributed by atoms with E-state index in [0.29, 0.717) is 13.0 Å². The van der Waals surface area contributed by atoms with Gasteiger partial charge in [-0.15, -0.1) is 0 Å². The van der Waals surface area contributed by atoms with Crippen LogP contribution in [0.2, 0.25) is 0 Å². The lowest BCUT2D eigenvalue weighted by atomic mass is 10.0. The summed E-state index contributed by atoms with van der Waals surface area (Å²) >= 11 is 0. The molecule has 0 unspecified atom stereocenters. The third-order valence-electron chi connectivity index (χ3n) is 3.97. The molecule has 3 nitrogen and oxygen atoms in total. The van der Waals surface area contributed by atoms with E-state index >= 15 is 0 Å². The fourth-order valence-corrected chi connectivity index (χ4v) is 2.65. The number of carbonyl (C=O) groups is 1. The fourth-order valence-electron chi connectivity index (χ4n) is 2.65. The van der Waals surface area contributed by atoms with Crippen molar-refractivity contribution in [3.8, 4) is 6.07 Å². The Bertz CT molecular complexity index is 284. The summed E-state index contributed by atoms with van der Waals surface area (Å²) < 4.78 is 4.91. The average molecular weight is 309 g/mol. The van der Waals surface area contributed by atoms with E-state index in [2.05, 4.69) is 6.07 Å². The predicted molar refractivity (Wildman–Crippen MR) is 91.5 cm³/mol. The number of ether oxygens (including phenoxy) is 1. The molecule has 0 saturated carbocycles. The number of hydrogen-bond acceptors (Lipinski definition) is 3. The number of carbonyl (C=O) groups excluding carboxylic acids is 1. The smallest absolute Gasteiger partial charge is 0.305 e. The van der Waals surface area contributed by atoms with Crippen molar-refractivity contribution in [1.29, 1.82) is 5.26 Å². The largest absolute Gasteiger partial charge is 0.466 e. The van der Waals surface area contributed by atoms with Crippen molar-refractivity contribution < 1.29 is 9.53 Å². The van der Waals surface area contributed by atoms with Crippen LogP contribution in [0.3, 0.4) is 0 Å². The van der Waals surface area contributed by atoms with Crippen molar-refractivity contribution >= 4 is 5.97 Å². The van der Waals surface area contributed by atoms with E-state index in [-0.39, 0.29) is 5.97 Å². The maximum absolute atomic E-state index is 11.1. The molecule has 0 heterocycles. The highest BCUT2D eigenvalue weighted by Gasteiger charge is 2.00. The molecule has 0 spiro atoms. The number of rotatable bonds is 16. The first-order valence-corrected chi connectivity index (χ1v) is 9.33. The number of unbranched alkanes of at least 4 members (excludes halogenated alkanes) is 13. The van der Waals surface area contributed by atoms with Crippen molar-refractivity contribution in [1.82, 2.24) is 0 Å². The summed E-state index contributed by atoms with van der Waals surface area (Å²) in [5, 5.41) is 8.43. The second kappa shape index (κ2) is 18.0. The van der Waals surface area contributed by atoms with Gasteiger partial charge < -0.3 is 4.74 Å². The van der Waals surface area contributed by atoms with Gasteiger partial charge in [-0.25, -0.2) is 0 Å². The van der Waals surface area contributed by atoms with Crippen molar-refractivity contribution in [3.05, 3.63) is 0 Å². The lowest BCUT2D eigenvalue weighted by molar-refractivity contribution is -0.143. The maximum Gasteiger partial charge on any atom is 0.305 e. The molecule has 0 aliphatic heterocycles. The summed E-state index contributed by atoms with van der Waals surface area (Å²) in [6.07, 6.45) is 17.7. The van der Waals surface area contributed by atoms with E-state index in [0.717, 1.165) is 25.7 Å². The second-order valence-electron chi connectivity index (χ2n) is 6.06. The van der Waals surface area contributed by atoms with Crippen LogP contribution in [0.1, 0.15) is 103 Å². The number of hydrogen-bond donors (Lipinski definition) is 0. The van der Waals surface area contributed by atoms with Gasteiger partial charge in [-0.3, -0.25) is 4.79 Å². The van der Waals surface area contributed by atoms with Crippen LogP contribution in [-0.2, 0) is 9.53 Å². The minimum atomic E-state index is -0.0462. The molecule has 22 heavy (non-hydrogen) atoms. The Morgan fingerprint density at radius 1 is 0.773 bits per heavy atom. The van der Waals surface area contributed by atoms with Crippen molar-refractivity contribution in [2.45, 2.75) is 103 Å². The number of nitriles is 1. The highest BCUT2D eigenvalue weighted by molar-refractivity contribution is 5.69. The highest BCUT2D eigenvalue weighted by atomic mass is 16.5. The van der Waals surface area contributed by atoms with E-state index in [9.17, 15) is 4.79 Å². The van der Waals surface area contributed by atoms with E-state index in [1.54, 1.807) is 0 Å². The van der Waals surface area contributed by atoms with Crippen LogP contribution < -0.4 is 0 Å². The van der Waals surface area contributed by atoms with Gasteiger partial charge in [0.25, 0.3) is 0 Å². The fraction of sp³-hybridized carbons (Fsp3) is 0.895. The van der Waals surface area contributed by atoms with Gasteiger partial charge in [0.05, 0.1) is 12.7 Å². The molecular formula is C19H35NO2. The first-order chi connectivity index (χ1) is 10.8. The third kappa shape index (κ3) is 17.0. The zero-order valence-electron chi connectivity index (χ0n) is 14.6. The molecule has 0 bridgehead atoms. The van der Waals surface area contributed by atoms with Crippen LogP contribution in [0.5, 0.6) is 0 Å². The first kappa shape index (κ1) is 21.0. The maximum atomic E-state index is 11.1. The summed E-state index contributed by atoms with van der Waals surface area (Å²) in [5.74, 6) is -0.0462. The Balaban J connectivity index is 3.03. The molecule has 0 aromatic carbocycles. The molecule has 3 heteroatoms. The molecule has 0 radical (unpaired) electrons. The Kier molecular flexibility index (Phi) is 17.2. The minimum absolute atomic E-state index is 0.0462. The number of esters is 1. The summed E-state index contributed by atoms with van der Waals surface area (Å²) in [6, 6.07) is 2.20. The van der Waals surface area contributed by atoms with E-state index in [1.165, 1.54) is 64.2 Å². The molecule has 128 valence electrons. The highest BCUT2D eigenvalue weighted by Crippen LogP contribution is 2.13. The summed E-state index contributed by atoms with van der Waals surface area (Å²) in [5.41, 5.74) is 0. The molecule has 0 aliphatic carbocycles.